The zero-order chi connectivity index (χ0) is 14.9. The Balaban J connectivity index is 1.96. The predicted octanol–water partition coefficient (Wildman–Crippen LogP) is 2.61. The zero-order valence-electron chi connectivity index (χ0n) is 11.1. The van der Waals surface area contributed by atoms with E-state index in [2.05, 4.69) is 9.71 Å². The summed E-state index contributed by atoms with van der Waals surface area (Å²) in [4.78, 5) is 4.87. The Morgan fingerprint density at radius 3 is 2.76 bits per heavy atom. The van der Waals surface area contributed by atoms with Gasteiger partial charge in [0.15, 0.2) is 5.03 Å². The molecule has 0 amide bonds. The molecule has 0 spiro atoms. The van der Waals surface area contributed by atoms with E-state index in [4.69, 9.17) is 0 Å². The van der Waals surface area contributed by atoms with Gasteiger partial charge < -0.3 is 4.57 Å². The van der Waals surface area contributed by atoms with Crippen molar-refractivity contribution in [2.24, 2.45) is 7.05 Å². The lowest BCUT2D eigenvalue weighted by molar-refractivity contribution is 0.570. The topological polar surface area (TPSA) is 64.0 Å². The number of rotatable bonds is 5. The van der Waals surface area contributed by atoms with Crippen LogP contribution in [0.5, 0.6) is 0 Å². The Labute approximate surface area is 131 Å². The second-order valence-corrected chi connectivity index (χ2v) is 7.92. The number of thiophene rings is 2. The van der Waals surface area contributed by atoms with Crippen LogP contribution in [0.4, 0.5) is 0 Å². The van der Waals surface area contributed by atoms with E-state index in [1.807, 2.05) is 34.3 Å². The van der Waals surface area contributed by atoms with Crippen molar-refractivity contribution in [3.8, 4) is 0 Å². The van der Waals surface area contributed by atoms with Gasteiger partial charge in [-0.3, -0.25) is 0 Å². The summed E-state index contributed by atoms with van der Waals surface area (Å²) < 4.78 is 29.3. The van der Waals surface area contributed by atoms with Crippen LogP contribution in [-0.2, 0) is 17.1 Å². The number of hydrogen-bond donors (Lipinski definition) is 1. The fraction of sp³-hybridized carbons (Fsp3) is 0.154. The molecule has 5 nitrogen and oxygen atoms in total. The maximum absolute atomic E-state index is 12.5. The van der Waals surface area contributed by atoms with Crippen LogP contribution in [-0.4, -0.2) is 18.0 Å². The van der Waals surface area contributed by atoms with Gasteiger partial charge in [0.25, 0.3) is 10.0 Å². The molecule has 3 heterocycles. The molecule has 0 unspecified atom stereocenters. The monoisotopic (exact) mass is 339 g/mol. The molecule has 0 fully saturated rings. The fourth-order valence-corrected chi connectivity index (χ4v) is 4.68. The van der Waals surface area contributed by atoms with Gasteiger partial charge in [-0.25, -0.2) is 13.4 Å². The molecule has 0 aliphatic rings. The summed E-state index contributed by atoms with van der Waals surface area (Å²) in [6, 6.07) is 5.38. The van der Waals surface area contributed by atoms with Crippen molar-refractivity contribution in [3.63, 3.8) is 0 Å². The maximum Gasteiger partial charge on any atom is 0.260 e. The predicted molar refractivity (Wildman–Crippen MR) is 84.0 cm³/mol. The van der Waals surface area contributed by atoms with Crippen LogP contribution in [0.25, 0.3) is 0 Å². The molecule has 0 aliphatic heterocycles. The molecule has 0 saturated carbocycles. The van der Waals surface area contributed by atoms with E-state index in [-0.39, 0.29) is 11.1 Å². The van der Waals surface area contributed by atoms with Gasteiger partial charge in [0.1, 0.15) is 0 Å². The first-order valence-corrected chi connectivity index (χ1v) is 9.42. The quantitative estimate of drug-likeness (QED) is 0.777. The van der Waals surface area contributed by atoms with Crippen LogP contribution in [0.2, 0.25) is 0 Å². The number of aromatic nitrogens is 2. The molecule has 3 aromatic heterocycles. The molecule has 0 bridgehead atoms. The number of nitrogens with zero attached hydrogens (tertiary/aromatic N) is 2. The first kappa shape index (κ1) is 14.5. The van der Waals surface area contributed by atoms with Crippen LogP contribution >= 0.6 is 22.7 Å². The van der Waals surface area contributed by atoms with Crippen LogP contribution in [0.15, 0.2) is 51.9 Å². The smallest absolute Gasteiger partial charge is 0.260 e. The zero-order valence-corrected chi connectivity index (χ0v) is 13.6. The summed E-state index contributed by atoms with van der Waals surface area (Å²) >= 11 is 3.06. The number of imidazole rings is 1. The highest BCUT2D eigenvalue weighted by atomic mass is 32.2. The van der Waals surface area contributed by atoms with Crippen LogP contribution in [0, 0.1) is 0 Å². The Bertz CT molecular complexity index is 771. The van der Waals surface area contributed by atoms with Crippen molar-refractivity contribution in [1.82, 2.24) is 14.3 Å². The maximum atomic E-state index is 12.5. The molecular formula is C13H13N3O2S3. The molecule has 0 saturated heterocycles. The SMILES string of the molecule is Cn1cnc(S(=O)(=O)N[C@@H](c2ccsc2)c2cccs2)c1. The van der Waals surface area contributed by atoms with Crippen molar-refractivity contribution in [3.05, 3.63) is 57.3 Å². The molecule has 0 aliphatic carbocycles. The Hall–Kier alpha value is -1.48. The third-order valence-electron chi connectivity index (χ3n) is 2.93. The van der Waals surface area contributed by atoms with E-state index < -0.39 is 10.0 Å². The van der Waals surface area contributed by atoms with Gasteiger partial charge in [-0.2, -0.15) is 16.1 Å². The van der Waals surface area contributed by atoms with E-state index in [0.29, 0.717) is 0 Å². The summed E-state index contributed by atoms with van der Waals surface area (Å²) in [5, 5.41) is 5.85. The summed E-state index contributed by atoms with van der Waals surface area (Å²) in [7, 11) is -1.92. The average Bonchev–Trinajstić information content (AvgIpc) is 3.18. The number of hydrogen-bond acceptors (Lipinski definition) is 5. The van der Waals surface area contributed by atoms with Crippen molar-refractivity contribution in [2.45, 2.75) is 11.1 Å². The molecule has 21 heavy (non-hydrogen) atoms. The van der Waals surface area contributed by atoms with E-state index in [0.717, 1.165) is 10.4 Å². The van der Waals surface area contributed by atoms with E-state index in [1.165, 1.54) is 23.9 Å². The minimum Gasteiger partial charge on any atom is -0.339 e. The Morgan fingerprint density at radius 1 is 1.33 bits per heavy atom. The highest BCUT2D eigenvalue weighted by Crippen LogP contribution is 2.29. The second-order valence-electron chi connectivity index (χ2n) is 4.50. The molecule has 0 aromatic carbocycles. The first-order chi connectivity index (χ1) is 10.1. The minimum atomic E-state index is -3.66. The molecule has 8 heteroatoms. The van der Waals surface area contributed by atoms with Gasteiger partial charge in [0.05, 0.1) is 12.4 Å². The Morgan fingerprint density at radius 2 is 2.19 bits per heavy atom. The van der Waals surface area contributed by atoms with Crippen molar-refractivity contribution >= 4 is 32.7 Å². The van der Waals surface area contributed by atoms with E-state index in [9.17, 15) is 8.42 Å². The molecule has 1 N–H and O–H groups in total. The van der Waals surface area contributed by atoms with Gasteiger partial charge in [-0.1, -0.05) is 6.07 Å². The summed E-state index contributed by atoms with van der Waals surface area (Å²) in [5.41, 5.74) is 0.932. The first-order valence-electron chi connectivity index (χ1n) is 6.12. The van der Waals surface area contributed by atoms with Crippen molar-refractivity contribution < 1.29 is 8.42 Å². The summed E-state index contributed by atoms with van der Waals surface area (Å²) in [5.74, 6) is 0. The Kier molecular flexibility index (Phi) is 3.94. The lowest BCUT2D eigenvalue weighted by Crippen LogP contribution is -2.29. The summed E-state index contributed by atoms with van der Waals surface area (Å²) in [6.45, 7) is 0. The average molecular weight is 339 g/mol. The molecule has 3 rings (SSSR count). The molecule has 0 radical (unpaired) electrons. The molecule has 110 valence electrons. The van der Waals surface area contributed by atoms with Crippen LogP contribution in [0.1, 0.15) is 16.5 Å². The molecular weight excluding hydrogens is 326 g/mol. The third kappa shape index (κ3) is 3.08. The van der Waals surface area contributed by atoms with Gasteiger partial charge in [-0.15, -0.1) is 11.3 Å². The number of aryl methyl sites for hydroxylation is 1. The summed E-state index contributed by atoms with van der Waals surface area (Å²) in [6.07, 6.45) is 2.96. The van der Waals surface area contributed by atoms with Gasteiger partial charge in [-0.05, 0) is 33.8 Å². The molecule has 3 aromatic rings. The second kappa shape index (κ2) is 5.72. The third-order valence-corrected chi connectivity index (χ3v) is 5.88. The largest absolute Gasteiger partial charge is 0.339 e. The van der Waals surface area contributed by atoms with Gasteiger partial charge >= 0.3 is 0 Å². The minimum absolute atomic E-state index is 0.0294. The van der Waals surface area contributed by atoms with Crippen LogP contribution < -0.4 is 4.72 Å². The highest BCUT2D eigenvalue weighted by Gasteiger charge is 2.25. The van der Waals surface area contributed by atoms with Crippen molar-refractivity contribution in [2.75, 3.05) is 0 Å². The van der Waals surface area contributed by atoms with Crippen molar-refractivity contribution in [1.29, 1.82) is 0 Å². The highest BCUT2D eigenvalue weighted by molar-refractivity contribution is 7.89. The number of nitrogens with one attached hydrogen (secondary N) is 1. The lowest BCUT2D eigenvalue weighted by Gasteiger charge is -2.15. The van der Waals surface area contributed by atoms with E-state index >= 15 is 0 Å². The van der Waals surface area contributed by atoms with Gasteiger partial charge in [0, 0.05) is 18.1 Å². The van der Waals surface area contributed by atoms with Gasteiger partial charge in [0.2, 0.25) is 0 Å². The fourth-order valence-electron chi connectivity index (χ4n) is 1.93. The molecule has 1 atom stereocenters. The normalized spacial score (nSPS) is 13.4. The standard InChI is InChI=1S/C13H13N3O2S3/c1-16-7-12(14-9-16)21(17,18)15-13(10-4-6-19-8-10)11-3-2-5-20-11/h2-9,13,15H,1H3/t13-/m0/s1. The van der Waals surface area contributed by atoms with E-state index in [1.54, 1.807) is 23.0 Å². The lowest BCUT2D eigenvalue weighted by atomic mass is 10.1. The number of sulfonamides is 1. The van der Waals surface area contributed by atoms with Crippen LogP contribution in [0.3, 0.4) is 0 Å².